The summed E-state index contributed by atoms with van der Waals surface area (Å²) in [7, 11) is -4.07. The van der Waals surface area contributed by atoms with Crippen LogP contribution in [0.4, 0.5) is 5.69 Å². The number of aliphatic hydroxyl groups is 1. The van der Waals surface area contributed by atoms with E-state index in [2.05, 4.69) is 4.72 Å². The molecule has 1 unspecified atom stereocenters. The van der Waals surface area contributed by atoms with Crippen LogP contribution in [0.5, 0.6) is 0 Å². The van der Waals surface area contributed by atoms with Crippen molar-refractivity contribution >= 4 is 38.4 Å². The predicted molar refractivity (Wildman–Crippen MR) is 105 cm³/mol. The van der Waals surface area contributed by atoms with Gasteiger partial charge in [-0.2, -0.15) is 11.3 Å². The SMILES string of the molecule is Cc1ccc([N+](=O)[O-])cc1S(=O)(=O)NCC(O)(c1ccsc1)c1cccs1. The molecular formula is C17H16N2O5S3. The summed E-state index contributed by atoms with van der Waals surface area (Å²) in [5, 5.41) is 27.6. The van der Waals surface area contributed by atoms with Crippen molar-refractivity contribution in [3.05, 3.63) is 78.7 Å². The van der Waals surface area contributed by atoms with Crippen molar-refractivity contribution in [3.63, 3.8) is 0 Å². The van der Waals surface area contributed by atoms with Crippen molar-refractivity contribution in [1.82, 2.24) is 4.72 Å². The Bertz CT molecular complexity index is 1010. The van der Waals surface area contributed by atoms with E-state index in [1.54, 1.807) is 41.3 Å². The van der Waals surface area contributed by atoms with E-state index in [0.29, 0.717) is 16.0 Å². The zero-order valence-electron chi connectivity index (χ0n) is 14.2. The molecular weight excluding hydrogens is 408 g/mol. The van der Waals surface area contributed by atoms with Crippen molar-refractivity contribution in [3.8, 4) is 0 Å². The number of non-ortho nitro benzene ring substituents is 1. The van der Waals surface area contributed by atoms with Crippen LogP contribution < -0.4 is 4.72 Å². The highest BCUT2D eigenvalue weighted by molar-refractivity contribution is 7.89. The molecule has 10 heteroatoms. The fraction of sp³-hybridized carbons (Fsp3) is 0.176. The summed E-state index contributed by atoms with van der Waals surface area (Å²) < 4.78 is 28.0. The van der Waals surface area contributed by atoms with Crippen LogP contribution in [-0.4, -0.2) is 25.0 Å². The van der Waals surface area contributed by atoms with Gasteiger partial charge in [-0.15, -0.1) is 11.3 Å². The Kier molecular flexibility index (Phi) is 5.45. The van der Waals surface area contributed by atoms with Crippen molar-refractivity contribution in [2.75, 3.05) is 6.54 Å². The van der Waals surface area contributed by atoms with E-state index in [0.717, 1.165) is 6.07 Å². The lowest BCUT2D eigenvalue weighted by atomic mass is 9.95. The molecule has 0 amide bonds. The Morgan fingerprint density at radius 2 is 2.04 bits per heavy atom. The molecule has 2 aromatic heterocycles. The quantitative estimate of drug-likeness (QED) is 0.447. The monoisotopic (exact) mass is 424 g/mol. The molecule has 142 valence electrons. The van der Waals surface area contributed by atoms with Crippen LogP contribution in [0, 0.1) is 17.0 Å². The lowest BCUT2D eigenvalue weighted by molar-refractivity contribution is -0.385. The molecule has 0 radical (unpaired) electrons. The number of sulfonamides is 1. The summed E-state index contributed by atoms with van der Waals surface area (Å²) >= 11 is 2.71. The minimum atomic E-state index is -4.07. The minimum Gasteiger partial charge on any atom is -0.378 e. The number of hydrogen-bond donors (Lipinski definition) is 2. The van der Waals surface area contributed by atoms with Crippen LogP contribution in [0.25, 0.3) is 0 Å². The van der Waals surface area contributed by atoms with Crippen molar-refractivity contribution in [2.24, 2.45) is 0 Å². The molecule has 0 bridgehead atoms. The molecule has 2 heterocycles. The second-order valence-electron chi connectivity index (χ2n) is 5.88. The predicted octanol–water partition coefficient (Wildman–Crippen LogP) is 3.24. The first-order valence-electron chi connectivity index (χ1n) is 7.78. The van der Waals surface area contributed by atoms with Gasteiger partial charge in [0, 0.05) is 29.1 Å². The summed E-state index contributed by atoms with van der Waals surface area (Å²) in [6.07, 6.45) is 0. The van der Waals surface area contributed by atoms with E-state index in [1.807, 2.05) is 0 Å². The molecule has 2 N–H and O–H groups in total. The van der Waals surface area contributed by atoms with Crippen LogP contribution in [0.2, 0.25) is 0 Å². The summed E-state index contributed by atoms with van der Waals surface area (Å²) in [5.41, 5.74) is -0.889. The molecule has 27 heavy (non-hydrogen) atoms. The lowest BCUT2D eigenvalue weighted by Gasteiger charge is -2.27. The molecule has 0 aliphatic heterocycles. The minimum absolute atomic E-state index is 0.185. The molecule has 1 atom stereocenters. The van der Waals surface area contributed by atoms with Gasteiger partial charge in [0.15, 0.2) is 0 Å². The summed E-state index contributed by atoms with van der Waals surface area (Å²) in [4.78, 5) is 10.7. The Balaban J connectivity index is 1.94. The van der Waals surface area contributed by atoms with Crippen LogP contribution in [0.3, 0.4) is 0 Å². The van der Waals surface area contributed by atoms with Gasteiger partial charge in [0.1, 0.15) is 5.60 Å². The lowest BCUT2D eigenvalue weighted by Crippen LogP contribution is -2.41. The maximum atomic E-state index is 12.8. The van der Waals surface area contributed by atoms with Gasteiger partial charge in [-0.3, -0.25) is 10.1 Å². The number of nitrogens with zero attached hydrogens (tertiary/aromatic N) is 1. The van der Waals surface area contributed by atoms with Gasteiger partial charge in [0.25, 0.3) is 5.69 Å². The Hall–Kier alpha value is -2.11. The molecule has 0 saturated carbocycles. The number of thiophene rings is 2. The third kappa shape index (κ3) is 3.94. The molecule has 0 saturated heterocycles. The zero-order chi connectivity index (χ0) is 19.7. The van der Waals surface area contributed by atoms with E-state index < -0.39 is 20.5 Å². The molecule has 0 aliphatic rings. The topological polar surface area (TPSA) is 110 Å². The number of nitro benzene ring substituents is 1. The van der Waals surface area contributed by atoms with E-state index in [9.17, 15) is 23.6 Å². The summed E-state index contributed by atoms with van der Waals surface area (Å²) in [6, 6.07) is 8.90. The molecule has 1 aromatic carbocycles. The molecule has 0 fully saturated rings. The number of benzene rings is 1. The van der Waals surface area contributed by atoms with E-state index in [-0.39, 0.29) is 17.1 Å². The number of nitro groups is 1. The highest BCUT2D eigenvalue weighted by Crippen LogP contribution is 2.34. The van der Waals surface area contributed by atoms with Crippen molar-refractivity contribution < 1.29 is 18.4 Å². The highest BCUT2D eigenvalue weighted by atomic mass is 32.2. The second-order valence-corrected chi connectivity index (χ2v) is 9.34. The summed E-state index contributed by atoms with van der Waals surface area (Å²) in [6.45, 7) is 1.26. The van der Waals surface area contributed by atoms with Crippen LogP contribution in [0.1, 0.15) is 16.0 Å². The third-order valence-corrected chi connectivity index (χ3v) is 7.37. The maximum absolute atomic E-state index is 12.8. The number of nitrogens with one attached hydrogen (secondary N) is 1. The van der Waals surface area contributed by atoms with Crippen molar-refractivity contribution in [1.29, 1.82) is 0 Å². The fourth-order valence-corrected chi connectivity index (χ4v) is 5.51. The molecule has 0 aliphatic carbocycles. The molecule has 3 aromatic rings. The van der Waals surface area contributed by atoms with Crippen LogP contribution in [-0.2, 0) is 15.6 Å². The zero-order valence-corrected chi connectivity index (χ0v) is 16.6. The highest BCUT2D eigenvalue weighted by Gasteiger charge is 2.35. The van der Waals surface area contributed by atoms with E-state index in [1.165, 1.54) is 34.8 Å². The number of hydrogen-bond acceptors (Lipinski definition) is 7. The van der Waals surface area contributed by atoms with Gasteiger partial charge in [0.2, 0.25) is 10.0 Å². The number of rotatable bonds is 7. The first kappa shape index (κ1) is 19.6. The van der Waals surface area contributed by atoms with E-state index in [4.69, 9.17) is 0 Å². The third-order valence-electron chi connectivity index (χ3n) is 4.12. The van der Waals surface area contributed by atoms with Gasteiger partial charge in [0.05, 0.1) is 9.82 Å². The van der Waals surface area contributed by atoms with Gasteiger partial charge in [-0.05, 0) is 40.8 Å². The molecule has 3 rings (SSSR count). The first-order valence-corrected chi connectivity index (χ1v) is 11.1. The van der Waals surface area contributed by atoms with Crippen LogP contribution >= 0.6 is 22.7 Å². The largest absolute Gasteiger partial charge is 0.378 e. The van der Waals surface area contributed by atoms with Gasteiger partial charge >= 0.3 is 0 Å². The van der Waals surface area contributed by atoms with E-state index >= 15 is 0 Å². The normalized spacial score (nSPS) is 14.0. The molecule has 0 spiro atoms. The maximum Gasteiger partial charge on any atom is 0.270 e. The Morgan fingerprint density at radius 3 is 2.63 bits per heavy atom. The standard InChI is InChI=1S/C17H16N2O5S3/c1-12-4-5-14(19(21)22)9-15(12)27(23,24)18-11-17(20,13-6-8-25-10-13)16-3-2-7-26-16/h2-10,18,20H,11H2,1H3. The first-order chi connectivity index (χ1) is 12.7. The molecule has 7 nitrogen and oxygen atoms in total. The van der Waals surface area contributed by atoms with Gasteiger partial charge in [-0.1, -0.05) is 12.1 Å². The average Bonchev–Trinajstić information content (AvgIpc) is 3.33. The average molecular weight is 425 g/mol. The Labute approximate surface area is 164 Å². The second kappa shape index (κ2) is 7.49. The van der Waals surface area contributed by atoms with Crippen molar-refractivity contribution in [2.45, 2.75) is 17.4 Å². The van der Waals surface area contributed by atoms with Crippen LogP contribution in [0.15, 0.2) is 57.4 Å². The Morgan fingerprint density at radius 1 is 1.26 bits per heavy atom. The smallest absolute Gasteiger partial charge is 0.270 e. The fourth-order valence-electron chi connectivity index (χ4n) is 2.61. The number of aryl methyl sites for hydroxylation is 1. The summed E-state index contributed by atoms with van der Waals surface area (Å²) in [5.74, 6) is 0. The van der Waals surface area contributed by atoms with Gasteiger partial charge in [-0.25, -0.2) is 13.1 Å². The van der Waals surface area contributed by atoms with Gasteiger partial charge < -0.3 is 5.11 Å².